The van der Waals surface area contributed by atoms with Crippen LogP contribution in [-0.4, -0.2) is 53.8 Å². The van der Waals surface area contributed by atoms with Crippen LogP contribution in [0.1, 0.15) is 64.7 Å². The van der Waals surface area contributed by atoms with Crippen LogP contribution in [0.25, 0.3) is 0 Å². The van der Waals surface area contributed by atoms with Gasteiger partial charge >= 0.3 is 0 Å². The molecular formula is C18H34ClN3O2. The number of nitrogens with zero attached hydrogens (tertiary/aromatic N) is 2. The Balaban J connectivity index is 0.00000288. The minimum Gasteiger partial charge on any atom is -0.339 e. The Morgan fingerprint density at radius 1 is 0.958 bits per heavy atom. The molecule has 6 heteroatoms. The van der Waals surface area contributed by atoms with Gasteiger partial charge in [0.15, 0.2) is 0 Å². The molecule has 2 N–H and O–H groups in total. The molecule has 0 spiro atoms. The molecule has 1 atom stereocenters. The molecule has 2 amide bonds. The third kappa shape index (κ3) is 6.98. The molecule has 140 valence electrons. The number of rotatable bonds is 6. The van der Waals surface area contributed by atoms with E-state index in [4.69, 9.17) is 5.73 Å². The number of amides is 2. The van der Waals surface area contributed by atoms with Gasteiger partial charge in [-0.1, -0.05) is 32.1 Å². The highest BCUT2D eigenvalue weighted by Gasteiger charge is 2.24. The van der Waals surface area contributed by atoms with Gasteiger partial charge in [0.25, 0.3) is 0 Å². The third-order valence-electron chi connectivity index (χ3n) is 5.29. The first-order valence-electron chi connectivity index (χ1n) is 9.37. The highest BCUT2D eigenvalue weighted by molar-refractivity contribution is 5.85. The number of piperazine rings is 1. The Morgan fingerprint density at radius 2 is 1.46 bits per heavy atom. The highest BCUT2D eigenvalue weighted by atomic mass is 35.5. The predicted octanol–water partition coefficient (Wildman–Crippen LogP) is 2.57. The molecule has 0 bridgehead atoms. The van der Waals surface area contributed by atoms with Gasteiger partial charge in [0.05, 0.1) is 0 Å². The minimum atomic E-state index is 0. The molecule has 1 heterocycles. The van der Waals surface area contributed by atoms with Crippen molar-refractivity contribution < 1.29 is 9.59 Å². The van der Waals surface area contributed by atoms with E-state index in [1.807, 2.05) is 16.7 Å². The minimum absolute atomic E-state index is 0. The number of nitrogens with two attached hydrogens (primary N) is 1. The Bertz CT molecular complexity index is 390. The zero-order chi connectivity index (χ0) is 16.7. The van der Waals surface area contributed by atoms with Gasteiger partial charge in [-0.3, -0.25) is 9.59 Å². The molecule has 24 heavy (non-hydrogen) atoms. The molecule has 1 saturated heterocycles. The summed E-state index contributed by atoms with van der Waals surface area (Å²) in [5.41, 5.74) is 5.70. The molecule has 5 nitrogen and oxygen atoms in total. The van der Waals surface area contributed by atoms with Crippen LogP contribution in [0.3, 0.4) is 0 Å². The summed E-state index contributed by atoms with van der Waals surface area (Å²) in [6.45, 7) is 4.65. The van der Waals surface area contributed by atoms with E-state index in [0.717, 1.165) is 18.8 Å². The fourth-order valence-corrected chi connectivity index (χ4v) is 3.68. The van der Waals surface area contributed by atoms with Crippen molar-refractivity contribution in [3.05, 3.63) is 0 Å². The summed E-state index contributed by atoms with van der Waals surface area (Å²) >= 11 is 0. The molecule has 2 fully saturated rings. The monoisotopic (exact) mass is 359 g/mol. The number of carbonyl (C=O) groups excluding carboxylic acids is 2. The van der Waals surface area contributed by atoms with Crippen LogP contribution in [-0.2, 0) is 9.59 Å². The molecule has 1 unspecified atom stereocenters. The second-order valence-corrected chi connectivity index (χ2v) is 7.32. The fourth-order valence-electron chi connectivity index (χ4n) is 3.68. The van der Waals surface area contributed by atoms with Crippen LogP contribution in [0.5, 0.6) is 0 Å². The lowest BCUT2D eigenvalue weighted by atomic mass is 9.86. The summed E-state index contributed by atoms with van der Waals surface area (Å²) in [6, 6.07) is 0.0709. The van der Waals surface area contributed by atoms with Gasteiger partial charge < -0.3 is 15.5 Å². The second kappa shape index (κ2) is 10.9. The van der Waals surface area contributed by atoms with E-state index in [-0.39, 0.29) is 30.3 Å². The van der Waals surface area contributed by atoms with E-state index in [2.05, 4.69) is 0 Å². The van der Waals surface area contributed by atoms with Gasteiger partial charge in [-0.25, -0.2) is 0 Å². The van der Waals surface area contributed by atoms with E-state index in [1.165, 1.54) is 32.1 Å². The van der Waals surface area contributed by atoms with Gasteiger partial charge in [0, 0.05) is 45.1 Å². The summed E-state index contributed by atoms with van der Waals surface area (Å²) in [5.74, 6) is 1.21. The van der Waals surface area contributed by atoms with Crippen LogP contribution >= 0.6 is 12.4 Å². The third-order valence-corrected chi connectivity index (χ3v) is 5.29. The maximum atomic E-state index is 12.3. The first-order chi connectivity index (χ1) is 11.1. The maximum absolute atomic E-state index is 12.3. The Hall–Kier alpha value is -0.810. The summed E-state index contributed by atoms with van der Waals surface area (Å²) in [7, 11) is 0. The van der Waals surface area contributed by atoms with E-state index in [9.17, 15) is 9.59 Å². The average molecular weight is 360 g/mol. The lowest BCUT2D eigenvalue weighted by Crippen LogP contribution is -2.50. The van der Waals surface area contributed by atoms with Crippen LogP contribution < -0.4 is 5.73 Å². The number of hydrogen-bond donors (Lipinski definition) is 1. The van der Waals surface area contributed by atoms with Crippen LogP contribution in [0.2, 0.25) is 0 Å². The lowest BCUT2D eigenvalue weighted by Gasteiger charge is -2.35. The Labute approximate surface area is 152 Å². The van der Waals surface area contributed by atoms with Gasteiger partial charge in [-0.05, 0) is 25.7 Å². The van der Waals surface area contributed by atoms with Crippen LogP contribution in [0.4, 0.5) is 0 Å². The summed E-state index contributed by atoms with van der Waals surface area (Å²) in [5, 5.41) is 0. The molecule has 1 saturated carbocycles. The molecular weight excluding hydrogens is 326 g/mol. The van der Waals surface area contributed by atoms with Crippen molar-refractivity contribution in [3.8, 4) is 0 Å². The van der Waals surface area contributed by atoms with Crippen molar-refractivity contribution >= 4 is 24.2 Å². The molecule has 0 aromatic heterocycles. The summed E-state index contributed by atoms with van der Waals surface area (Å²) in [6.07, 6.45) is 9.62. The first-order valence-corrected chi connectivity index (χ1v) is 9.37. The van der Waals surface area contributed by atoms with E-state index in [1.54, 1.807) is 0 Å². The van der Waals surface area contributed by atoms with Crippen molar-refractivity contribution in [2.45, 2.75) is 70.8 Å². The van der Waals surface area contributed by atoms with Crippen molar-refractivity contribution in [3.63, 3.8) is 0 Å². The maximum Gasteiger partial charge on any atom is 0.222 e. The van der Waals surface area contributed by atoms with E-state index >= 15 is 0 Å². The summed E-state index contributed by atoms with van der Waals surface area (Å²) < 4.78 is 0. The molecule has 1 aliphatic heterocycles. The topological polar surface area (TPSA) is 66.6 Å². The average Bonchev–Trinajstić information content (AvgIpc) is 2.58. The van der Waals surface area contributed by atoms with Gasteiger partial charge in [-0.15, -0.1) is 12.4 Å². The van der Waals surface area contributed by atoms with Crippen LogP contribution in [0, 0.1) is 5.92 Å². The number of carbonyl (C=O) groups is 2. The second-order valence-electron chi connectivity index (χ2n) is 7.32. The van der Waals surface area contributed by atoms with Crippen molar-refractivity contribution in [1.82, 2.24) is 9.80 Å². The zero-order valence-electron chi connectivity index (χ0n) is 15.0. The van der Waals surface area contributed by atoms with Crippen molar-refractivity contribution in [2.75, 3.05) is 26.2 Å². The Kier molecular flexibility index (Phi) is 9.67. The molecule has 0 radical (unpaired) electrons. The van der Waals surface area contributed by atoms with E-state index < -0.39 is 0 Å². The molecule has 0 aromatic rings. The lowest BCUT2D eigenvalue weighted by molar-refractivity contribution is -0.139. The van der Waals surface area contributed by atoms with Crippen molar-refractivity contribution in [1.29, 1.82) is 0 Å². The highest BCUT2D eigenvalue weighted by Crippen LogP contribution is 2.27. The predicted molar refractivity (Wildman–Crippen MR) is 99.1 cm³/mol. The first kappa shape index (κ1) is 21.2. The fraction of sp³-hybridized carbons (Fsp3) is 0.889. The Morgan fingerprint density at radius 3 is 1.96 bits per heavy atom. The zero-order valence-corrected chi connectivity index (χ0v) is 15.9. The smallest absolute Gasteiger partial charge is 0.222 e. The van der Waals surface area contributed by atoms with Gasteiger partial charge in [0.2, 0.25) is 11.8 Å². The molecule has 0 aromatic carbocycles. The molecule has 2 rings (SSSR count). The number of hydrogen-bond acceptors (Lipinski definition) is 3. The normalized spacial score (nSPS) is 20.4. The van der Waals surface area contributed by atoms with Gasteiger partial charge in [-0.2, -0.15) is 0 Å². The van der Waals surface area contributed by atoms with Crippen LogP contribution in [0.15, 0.2) is 0 Å². The standard InChI is InChI=1S/C18H33N3O2.ClH/c1-15(19)7-9-17(22)20-11-13-21(14-12-20)18(23)10-8-16-5-3-2-4-6-16;/h15-16H,2-14,19H2,1H3;1H. The quantitative estimate of drug-likeness (QED) is 0.792. The number of halogens is 1. The van der Waals surface area contributed by atoms with Crippen molar-refractivity contribution in [2.24, 2.45) is 11.7 Å². The van der Waals surface area contributed by atoms with E-state index in [0.29, 0.717) is 39.0 Å². The largest absolute Gasteiger partial charge is 0.339 e. The molecule has 1 aliphatic carbocycles. The summed E-state index contributed by atoms with van der Waals surface area (Å²) in [4.78, 5) is 28.2. The SMILES string of the molecule is CC(N)CCC(=O)N1CCN(C(=O)CCC2CCCCC2)CC1.Cl. The molecule has 2 aliphatic rings. The van der Waals surface area contributed by atoms with Gasteiger partial charge in [0.1, 0.15) is 0 Å².